The fourth-order valence-electron chi connectivity index (χ4n) is 2.05. The van der Waals surface area contributed by atoms with E-state index in [2.05, 4.69) is 4.98 Å². The van der Waals surface area contributed by atoms with Gasteiger partial charge in [-0.3, -0.25) is 0 Å². The largest absolute Gasteiger partial charge is 0.449 e. The lowest BCUT2D eigenvalue weighted by atomic mass is 10.3. The molecule has 1 heterocycles. The minimum absolute atomic E-state index is 0.308. The summed E-state index contributed by atoms with van der Waals surface area (Å²) in [5.74, 6) is 0.900. The molecule has 3 aromatic rings. The molecular formula is C18H10Cl5NO2. The van der Waals surface area contributed by atoms with E-state index in [1.165, 1.54) is 0 Å². The Kier molecular flexibility index (Phi) is 6.38. The quantitative estimate of drug-likeness (QED) is 0.298. The number of pyridine rings is 1. The van der Waals surface area contributed by atoms with Crippen molar-refractivity contribution in [2.75, 3.05) is 0 Å². The lowest BCUT2D eigenvalue weighted by molar-refractivity contribution is 0.000366. The van der Waals surface area contributed by atoms with E-state index in [9.17, 15) is 0 Å². The fraction of sp³-hybridized carbons (Fsp3) is 0.0556. The molecule has 26 heavy (non-hydrogen) atoms. The fourth-order valence-corrected chi connectivity index (χ4v) is 2.79. The number of aromatic nitrogens is 1. The second-order valence-corrected chi connectivity index (χ2v) is 7.12. The molecule has 3 nitrogen and oxygen atoms in total. The Bertz CT molecular complexity index is 882. The number of rotatable bonds is 5. The van der Waals surface area contributed by atoms with E-state index < -0.39 is 6.29 Å². The predicted octanol–water partition coefficient (Wildman–Crippen LogP) is 7.51. The molecule has 0 saturated heterocycles. The summed E-state index contributed by atoms with van der Waals surface area (Å²) < 4.78 is 11.8. The average molecular weight is 450 g/mol. The van der Waals surface area contributed by atoms with Crippen molar-refractivity contribution in [2.24, 2.45) is 0 Å². The molecule has 0 fully saturated rings. The standard InChI is InChI=1S/C18H10Cl5NO2/c19-12-6-4-10(8-14(12)21)25-18(16-2-1-3-17(23)24-16)26-11-5-7-13(20)15(22)9-11/h1-9,18H. The van der Waals surface area contributed by atoms with Gasteiger partial charge in [0, 0.05) is 12.1 Å². The van der Waals surface area contributed by atoms with Gasteiger partial charge in [0.15, 0.2) is 0 Å². The summed E-state index contributed by atoms with van der Waals surface area (Å²) >= 11 is 30.0. The SMILES string of the molecule is Clc1cccc(C(Oc2ccc(Cl)c(Cl)c2)Oc2ccc(Cl)c(Cl)c2)n1. The van der Waals surface area contributed by atoms with Crippen LogP contribution in [0, 0.1) is 0 Å². The van der Waals surface area contributed by atoms with Gasteiger partial charge in [-0.15, -0.1) is 0 Å². The number of nitrogens with zero attached hydrogens (tertiary/aromatic N) is 1. The van der Waals surface area contributed by atoms with Crippen LogP contribution in [-0.4, -0.2) is 4.98 Å². The van der Waals surface area contributed by atoms with Crippen LogP contribution in [0.1, 0.15) is 12.0 Å². The van der Waals surface area contributed by atoms with Crippen molar-refractivity contribution >= 4 is 58.0 Å². The Balaban J connectivity index is 1.92. The van der Waals surface area contributed by atoms with Crippen molar-refractivity contribution in [2.45, 2.75) is 6.29 Å². The first kappa shape index (κ1) is 19.4. The van der Waals surface area contributed by atoms with Crippen LogP contribution in [0.2, 0.25) is 25.2 Å². The molecular weight excluding hydrogens is 439 g/mol. The van der Waals surface area contributed by atoms with Gasteiger partial charge in [-0.25, -0.2) is 4.98 Å². The third-order valence-corrected chi connectivity index (χ3v) is 4.94. The second kappa shape index (κ2) is 8.55. The van der Waals surface area contributed by atoms with Gasteiger partial charge >= 0.3 is 0 Å². The second-order valence-electron chi connectivity index (χ2n) is 5.10. The summed E-state index contributed by atoms with van der Waals surface area (Å²) in [4.78, 5) is 4.24. The highest BCUT2D eigenvalue weighted by molar-refractivity contribution is 6.42. The van der Waals surface area contributed by atoms with Crippen molar-refractivity contribution in [1.82, 2.24) is 4.98 Å². The maximum atomic E-state index is 6.05. The molecule has 0 N–H and O–H groups in total. The maximum Gasteiger partial charge on any atom is 0.284 e. The first-order valence-corrected chi connectivity index (χ1v) is 9.17. The van der Waals surface area contributed by atoms with Crippen LogP contribution in [0.3, 0.4) is 0 Å². The van der Waals surface area contributed by atoms with Gasteiger partial charge in [0.25, 0.3) is 6.29 Å². The number of benzene rings is 2. The Hall–Kier alpha value is -1.36. The highest BCUT2D eigenvalue weighted by atomic mass is 35.5. The highest BCUT2D eigenvalue weighted by Gasteiger charge is 2.19. The van der Waals surface area contributed by atoms with Gasteiger partial charge < -0.3 is 9.47 Å². The topological polar surface area (TPSA) is 31.4 Å². The van der Waals surface area contributed by atoms with Gasteiger partial charge in [-0.05, 0) is 36.4 Å². The van der Waals surface area contributed by atoms with Crippen molar-refractivity contribution in [3.8, 4) is 11.5 Å². The minimum Gasteiger partial charge on any atom is -0.449 e. The summed E-state index contributed by atoms with van der Waals surface area (Å²) in [5, 5.41) is 1.86. The molecule has 0 aliphatic rings. The van der Waals surface area contributed by atoms with Crippen LogP contribution in [0.25, 0.3) is 0 Å². The van der Waals surface area contributed by atoms with Gasteiger partial charge in [0.05, 0.1) is 20.1 Å². The summed E-state index contributed by atoms with van der Waals surface area (Å²) in [5.41, 5.74) is 0.467. The van der Waals surface area contributed by atoms with E-state index in [0.29, 0.717) is 42.4 Å². The Morgan fingerprint density at radius 3 is 1.65 bits per heavy atom. The van der Waals surface area contributed by atoms with E-state index in [-0.39, 0.29) is 0 Å². The van der Waals surface area contributed by atoms with Crippen LogP contribution in [0.5, 0.6) is 11.5 Å². The van der Waals surface area contributed by atoms with Crippen molar-refractivity contribution in [1.29, 1.82) is 0 Å². The molecule has 3 rings (SSSR count). The molecule has 0 radical (unpaired) electrons. The molecule has 1 aromatic heterocycles. The van der Waals surface area contributed by atoms with Crippen LogP contribution in [-0.2, 0) is 0 Å². The third-order valence-electron chi connectivity index (χ3n) is 3.25. The monoisotopic (exact) mass is 447 g/mol. The van der Waals surface area contributed by atoms with Gasteiger partial charge in [0.1, 0.15) is 22.3 Å². The molecule has 134 valence electrons. The summed E-state index contributed by atoms with van der Waals surface area (Å²) in [7, 11) is 0. The van der Waals surface area contributed by atoms with Gasteiger partial charge in [-0.1, -0.05) is 64.1 Å². The van der Waals surface area contributed by atoms with E-state index in [0.717, 1.165) is 0 Å². The first-order valence-electron chi connectivity index (χ1n) is 7.28. The van der Waals surface area contributed by atoms with E-state index in [1.54, 1.807) is 54.6 Å². The highest BCUT2D eigenvalue weighted by Crippen LogP contribution is 2.32. The number of hydrogen-bond donors (Lipinski definition) is 0. The third kappa shape index (κ3) is 4.87. The summed E-state index contributed by atoms with van der Waals surface area (Å²) in [6, 6.07) is 14.9. The molecule has 0 aliphatic carbocycles. The van der Waals surface area contributed by atoms with Gasteiger partial charge in [-0.2, -0.15) is 0 Å². The van der Waals surface area contributed by atoms with Crippen LogP contribution < -0.4 is 9.47 Å². The lowest BCUT2D eigenvalue weighted by Crippen LogP contribution is -2.16. The van der Waals surface area contributed by atoms with E-state index >= 15 is 0 Å². The molecule has 0 saturated carbocycles. The predicted molar refractivity (Wildman–Crippen MR) is 106 cm³/mol. The molecule has 0 amide bonds. The van der Waals surface area contributed by atoms with Crippen LogP contribution in [0.15, 0.2) is 54.6 Å². The molecule has 0 bridgehead atoms. The average Bonchev–Trinajstić information content (AvgIpc) is 2.61. The van der Waals surface area contributed by atoms with E-state index in [1.807, 2.05) is 0 Å². The molecule has 8 heteroatoms. The van der Waals surface area contributed by atoms with Crippen molar-refractivity contribution < 1.29 is 9.47 Å². The number of ether oxygens (including phenoxy) is 2. The lowest BCUT2D eigenvalue weighted by Gasteiger charge is -2.20. The Morgan fingerprint density at radius 2 is 1.19 bits per heavy atom. The van der Waals surface area contributed by atoms with E-state index in [4.69, 9.17) is 67.5 Å². The maximum absolute atomic E-state index is 6.05. The number of hydrogen-bond acceptors (Lipinski definition) is 3. The molecule has 0 spiro atoms. The zero-order valence-electron chi connectivity index (χ0n) is 12.9. The van der Waals surface area contributed by atoms with Crippen LogP contribution >= 0.6 is 58.0 Å². The van der Waals surface area contributed by atoms with Gasteiger partial charge in [0.2, 0.25) is 0 Å². The molecule has 0 unspecified atom stereocenters. The summed E-state index contributed by atoms with van der Waals surface area (Å²) in [6.45, 7) is 0. The molecule has 0 atom stereocenters. The smallest absolute Gasteiger partial charge is 0.284 e. The first-order chi connectivity index (χ1) is 12.4. The van der Waals surface area contributed by atoms with Crippen molar-refractivity contribution in [3.63, 3.8) is 0 Å². The molecule has 0 aliphatic heterocycles. The molecule has 2 aromatic carbocycles. The Morgan fingerprint density at radius 1 is 0.654 bits per heavy atom. The van der Waals surface area contributed by atoms with Crippen molar-refractivity contribution in [3.05, 3.63) is 85.5 Å². The zero-order chi connectivity index (χ0) is 18.7. The normalized spacial score (nSPS) is 10.8. The minimum atomic E-state index is -0.900. The number of halogens is 5. The van der Waals surface area contributed by atoms with Crippen LogP contribution in [0.4, 0.5) is 0 Å². The Labute approximate surface area is 175 Å². The zero-order valence-corrected chi connectivity index (χ0v) is 16.7. The summed E-state index contributed by atoms with van der Waals surface area (Å²) in [6.07, 6.45) is -0.900.